The summed E-state index contributed by atoms with van der Waals surface area (Å²) >= 11 is 0. The van der Waals surface area contributed by atoms with Gasteiger partial charge in [-0.1, -0.05) is 30.3 Å². The summed E-state index contributed by atoms with van der Waals surface area (Å²) in [7, 11) is 0. The number of hydrogen-bond donors (Lipinski definition) is 3. The number of carboxylic acid groups (broad SMARTS) is 1. The van der Waals surface area contributed by atoms with E-state index in [4.69, 9.17) is 5.11 Å². The molecule has 0 saturated carbocycles. The van der Waals surface area contributed by atoms with Crippen molar-refractivity contribution in [1.29, 1.82) is 0 Å². The van der Waals surface area contributed by atoms with Gasteiger partial charge < -0.3 is 15.3 Å². The standard InChI is InChI=1S/C15H12O4/c16-13-7-6-12(9-14(13)17)11-4-1-10(2-5-11)3-8-15(18)19/h1-9,16-17H,(H,18,19)/b8-3+. The topological polar surface area (TPSA) is 77.8 Å². The minimum absolute atomic E-state index is 0.162. The van der Waals surface area contributed by atoms with Crippen molar-refractivity contribution in [3.05, 3.63) is 54.1 Å². The first-order valence-corrected chi connectivity index (χ1v) is 5.60. The van der Waals surface area contributed by atoms with E-state index >= 15 is 0 Å². The van der Waals surface area contributed by atoms with Crippen LogP contribution < -0.4 is 0 Å². The summed E-state index contributed by atoms with van der Waals surface area (Å²) < 4.78 is 0. The van der Waals surface area contributed by atoms with Gasteiger partial charge >= 0.3 is 5.97 Å². The first kappa shape index (κ1) is 12.7. The van der Waals surface area contributed by atoms with Gasteiger partial charge in [-0.15, -0.1) is 0 Å². The molecule has 0 atom stereocenters. The first-order valence-electron chi connectivity index (χ1n) is 5.60. The summed E-state index contributed by atoms with van der Waals surface area (Å²) in [5, 5.41) is 27.2. The van der Waals surface area contributed by atoms with Crippen LogP contribution in [0.5, 0.6) is 11.5 Å². The van der Waals surface area contributed by atoms with Crippen LogP contribution in [-0.2, 0) is 4.79 Å². The number of carbonyl (C=O) groups is 1. The summed E-state index contributed by atoms with van der Waals surface area (Å²) in [5.74, 6) is -1.33. The number of aromatic hydroxyl groups is 2. The molecule has 0 saturated heterocycles. The average molecular weight is 256 g/mol. The summed E-state index contributed by atoms with van der Waals surface area (Å²) in [4.78, 5) is 10.4. The van der Waals surface area contributed by atoms with E-state index < -0.39 is 5.97 Å². The SMILES string of the molecule is O=C(O)/C=C/c1ccc(-c2ccc(O)c(O)c2)cc1. The van der Waals surface area contributed by atoms with Crippen molar-refractivity contribution in [2.24, 2.45) is 0 Å². The van der Waals surface area contributed by atoms with E-state index in [1.54, 1.807) is 18.2 Å². The van der Waals surface area contributed by atoms with E-state index in [0.29, 0.717) is 0 Å². The zero-order valence-electron chi connectivity index (χ0n) is 9.95. The third-order valence-electron chi connectivity index (χ3n) is 2.64. The zero-order valence-corrected chi connectivity index (χ0v) is 9.95. The molecule has 4 nitrogen and oxygen atoms in total. The first-order chi connectivity index (χ1) is 9.06. The molecule has 0 unspecified atom stereocenters. The number of hydrogen-bond acceptors (Lipinski definition) is 3. The monoisotopic (exact) mass is 256 g/mol. The molecule has 0 fully saturated rings. The van der Waals surface area contributed by atoms with Crippen molar-refractivity contribution < 1.29 is 20.1 Å². The van der Waals surface area contributed by atoms with Crippen LogP contribution in [0.2, 0.25) is 0 Å². The molecule has 2 aromatic rings. The summed E-state index contributed by atoms with van der Waals surface area (Å²) in [6, 6.07) is 11.8. The molecule has 0 spiro atoms. The molecule has 19 heavy (non-hydrogen) atoms. The Balaban J connectivity index is 2.27. The number of aliphatic carboxylic acids is 1. The Labute approximate surface area is 109 Å². The van der Waals surface area contributed by atoms with Gasteiger partial charge in [-0.25, -0.2) is 4.79 Å². The van der Waals surface area contributed by atoms with E-state index in [9.17, 15) is 15.0 Å². The Kier molecular flexibility index (Phi) is 3.52. The summed E-state index contributed by atoms with van der Waals surface area (Å²) in [6.45, 7) is 0. The van der Waals surface area contributed by atoms with Crippen LogP contribution in [0, 0.1) is 0 Å². The number of rotatable bonds is 3. The lowest BCUT2D eigenvalue weighted by Crippen LogP contribution is -1.85. The van der Waals surface area contributed by atoms with Crippen molar-refractivity contribution in [1.82, 2.24) is 0 Å². The molecule has 4 heteroatoms. The molecule has 0 aliphatic carbocycles. The largest absolute Gasteiger partial charge is 0.504 e. The van der Waals surface area contributed by atoms with Crippen molar-refractivity contribution >= 4 is 12.0 Å². The lowest BCUT2D eigenvalue weighted by Gasteiger charge is -2.04. The van der Waals surface area contributed by atoms with Crippen LogP contribution in [0.4, 0.5) is 0 Å². The maximum Gasteiger partial charge on any atom is 0.328 e. The van der Waals surface area contributed by atoms with E-state index in [1.165, 1.54) is 18.2 Å². The minimum Gasteiger partial charge on any atom is -0.504 e. The third kappa shape index (κ3) is 3.13. The lowest BCUT2D eigenvalue weighted by molar-refractivity contribution is -0.131. The van der Waals surface area contributed by atoms with Gasteiger partial charge in [0.15, 0.2) is 11.5 Å². The van der Waals surface area contributed by atoms with E-state index in [-0.39, 0.29) is 11.5 Å². The predicted molar refractivity (Wildman–Crippen MR) is 71.9 cm³/mol. The number of benzene rings is 2. The maximum atomic E-state index is 10.4. The molecule has 96 valence electrons. The Morgan fingerprint density at radius 2 is 1.53 bits per heavy atom. The van der Waals surface area contributed by atoms with Crippen LogP contribution in [0.1, 0.15) is 5.56 Å². The quantitative estimate of drug-likeness (QED) is 0.583. The predicted octanol–water partition coefficient (Wildman–Crippen LogP) is 2.86. The van der Waals surface area contributed by atoms with Crippen molar-refractivity contribution in [2.45, 2.75) is 0 Å². The highest BCUT2D eigenvalue weighted by Crippen LogP contribution is 2.30. The van der Waals surface area contributed by atoms with Crippen LogP contribution in [0.25, 0.3) is 17.2 Å². The van der Waals surface area contributed by atoms with E-state index in [1.807, 2.05) is 12.1 Å². The molecule has 2 aromatic carbocycles. The van der Waals surface area contributed by atoms with Gasteiger partial charge in [-0.2, -0.15) is 0 Å². The molecular formula is C15H12O4. The normalized spacial score (nSPS) is 10.7. The van der Waals surface area contributed by atoms with Crippen LogP contribution in [0.15, 0.2) is 48.5 Å². The highest BCUT2D eigenvalue weighted by molar-refractivity contribution is 5.85. The second-order valence-electron chi connectivity index (χ2n) is 4.00. The highest BCUT2D eigenvalue weighted by atomic mass is 16.4. The van der Waals surface area contributed by atoms with Gasteiger partial charge in [0.25, 0.3) is 0 Å². The molecule has 0 radical (unpaired) electrons. The van der Waals surface area contributed by atoms with Gasteiger partial charge in [0, 0.05) is 6.08 Å². The second kappa shape index (κ2) is 5.27. The summed E-state index contributed by atoms with van der Waals surface area (Å²) in [6.07, 6.45) is 2.57. The third-order valence-corrected chi connectivity index (χ3v) is 2.64. The van der Waals surface area contributed by atoms with E-state index in [2.05, 4.69) is 0 Å². The fourth-order valence-electron chi connectivity index (χ4n) is 1.66. The van der Waals surface area contributed by atoms with Crippen LogP contribution in [0.3, 0.4) is 0 Å². The molecule has 0 bridgehead atoms. The fraction of sp³-hybridized carbons (Fsp3) is 0. The van der Waals surface area contributed by atoms with Gasteiger partial charge in [0.2, 0.25) is 0 Å². The minimum atomic E-state index is -0.993. The van der Waals surface area contributed by atoms with Gasteiger partial charge in [-0.3, -0.25) is 0 Å². The van der Waals surface area contributed by atoms with Crippen LogP contribution in [-0.4, -0.2) is 21.3 Å². The number of phenolic OH excluding ortho intramolecular Hbond substituents is 2. The lowest BCUT2D eigenvalue weighted by atomic mass is 10.0. The zero-order chi connectivity index (χ0) is 13.8. The number of carboxylic acids is 1. The molecule has 0 aliphatic heterocycles. The molecule has 0 amide bonds. The van der Waals surface area contributed by atoms with Gasteiger partial charge in [0.05, 0.1) is 0 Å². The maximum absolute atomic E-state index is 10.4. The van der Waals surface area contributed by atoms with Crippen molar-refractivity contribution in [2.75, 3.05) is 0 Å². The van der Waals surface area contributed by atoms with Gasteiger partial charge in [-0.05, 0) is 34.9 Å². The molecule has 0 heterocycles. The molecule has 0 aromatic heterocycles. The fourth-order valence-corrected chi connectivity index (χ4v) is 1.66. The average Bonchev–Trinajstić information content (AvgIpc) is 2.40. The van der Waals surface area contributed by atoms with Crippen molar-refractivity contribution in [3.63, 3.8) is 0 Å². The molecule has 3 N–H and O–H groups in total. The highest BCUT2D eigenvalue weighted by Gasteiger charge is 2.02. The molecular weight excluding hydrogens is 244 g/mol. The Morgan fingerprint density at radius 3 is 2.11 bits per heavy atom. The Bertz CT molecular complexity index is 627. The van der Waals surface area contributed by atoms with Gasteiger partial charge in [0.1, 0.15) is 0 Å². The number of phenols is 2. The van der Waals surface area contributed by atoms with Crippen molar-refractivity contribution in [3.8, 4) is 22.6 Å². The second-order valence-corrected chi connectivity index (χ2v) is 4.00. The van der Waals surface area contributed by atoms with E-state index in [0.717, 1.165) is 22.8 Å². The molecule has 2 rings (SSSR count). The van der Waals surface area contributed by atoms with Crippen LogP contribution >= 0.6 is 0 Å². The Morgan fingerprint density at radius 1 is 0.895 bits per heavy atom. The summed E-state index contributed by atoms with van der Waals surface area (Å²) in [5.41, 5.74) is 2.40. The Hall–Kier alpha value is -2.75. The molecule has 0 aliphatic rings. The smallest absolute Gasteiger partial charge is 0.328 e.